The number of nitrogens with zero attached hydrogens (tertiary/aromatic N) is 3. The van der Waals surface area contributed by atoms with Gasteiger partial charge in [-0.15, -0.1) is 0 Å². The second-order valence-electron chi connectivity index (χ2n) is 7.58. The molecule has 1 aromatic carbocycles. The molecule has 0 fully saturated rings. The van der Waals surface area contributed by atoms with Gasteiger partial charge < -0.3 is 10.6 Å². The van der Waals surface area contributed by atoms with E-state index in [0.717, 1.165) is 23.9 Å². The molecule has 3 heterocycles. The van der Waals surface area contributed by atoms with Crippen LogP contribution in [0.4, 0.5) is 24.8 Å². The molecule has 0 spiro atoms. The number of alkyl halides is 3. The van der Waals surface area contributed by atoms with Crippen LogP contribution < -0.4 is 10.6 Å². The maximum Gasteiger partial charge on any atom is 0.416 e. The van der Waals surface area contributed by atoms with E-state index >= 15 is 0 Å². The third-order valence-electron chi connectivity index (χ3n) is 4.97. The van der Waals surface area contributed by atoms with Crippen LogP contribution in [0.3, 0.4) is 0 Å². The van der Waals surface area contributed by atoms with Crippen molar-refractivity contribution in [3.05, 3.63) is 88.9 Å². The molecule has 4 rings (SSSR count). The first-order chi connectivity index (χ1) is 16.6. The Labute approximate surface area is 198 Å². The molecule has 2 N–H and O–H groups in total. The third-order valence-corrected chi connectivity index (χ3v) is 4.97. The number of carbonyl (C=O) groups excluding carboxylic acids is 2. The Kier molecular flexibility index (Phi) is 6.25. The zero-order chi connectivity index (χ0) is 25.2. The number of amides is 2. The maximum absolute atomic E-state index is 12.9. The van der Waals surface area contributed by atoms with Gasteiger partial charge in [-0.05, 0) is 54.8 Å². The second kappa shape index (κ2) is 9.30. The summed E-state index contributed by atoms with van der Waals surface area (Å²) in [7, 11) is 0. The minimum atomic E-state index is -4.55. The first-order valence-electron chi connectivity index (χ1n) is 10.3. The van der Waals surface area contributed by atoms with Crippen LogP contribution >= 0.6 is 0 Å². The maximum atomic E-state index is 12.9. The Hall–Kier alpha value is -4.65. The van der Waals surface area contributed by atoms with Crippen molar-refractivity contribution in [3.8, 4) is 11.8 Å². The molecule has 35 heavy (non-hydrogen) atoms. The third kappa shape index (κ3) is 5.30. The smallest absolute Gasteiger partial charge is 0.309 e. The summed E-state index contributed by atoms with van der Waals surface area (Å²) in [6.07, 6.45) is -1.81. The molecule has 0 unspecified atom stereocenters. The molecule has 2 amide bonds. The number of aryl methyl sites for hydroxylation is 1. The number of anilines is 2. The first-order valence-corrected chi connectivity index (χ1v) is 10.3. The van der Waals surface area contributed by atoms with Crippen molar-refractivity contribution in [2.24, 2.45) is 0 Å². The number of hydrogen-bond donors (Lipinski definition) is 2. The van der Waals surface area contributed by atoms with E-state index in [1.807, 2.05) is 13.0 Å². The average Bonchev–Trinajstić information content (AvgIpc) is 3.14. The van der Waals surface area contributed by atoms with Gasteiger partial charge in [-0.1, -0.05) is 18.1 Å². The summed E-state index contributed by atoms with van der Waals surface area (Å²) in [5.74, 6) is 5.17. The van der Waals surface area contributed by atoms with Crippen LogP contribution in [0.5, 0.6) is 0 Å². The van der Waals surface area contributed by atoms with E-state index in [9.17, 15) is 22.8 Å². The van der Waals surface area contributed by atoms with Crippen molar-refractivity contribution in [1.82, 2.24) is 14.4 Å². The highest BCUT2D eigenvalue weighted by molar-refractivity contribution is 6.04. The van der Waals surface area contributed by atoms with Crippen LogP contribution in [0, 0.1) is 18.8 Å². The zero-order valence-corrected chi connectivity index (χ0v) is 18.6. The van der Waals surface area contributed by atoms with E-state index in [4.69, 9.17) is 0 Å². The van der Waals surface area contributed by atoms with E-state index < -0.39 is 17.6 Å². The molecule has 0 radical (unpaired) electrons. The molecule has 0 saturated carbocycles. The van der Waals surface area contributed by atoms with Crippen LogP contribution in [0.15, 0.2) is 60.9 Å². The quantitative estimate of drug-likeness (QED) is 0.420. The zero-order valence-electron chi connectivity index (χ0n) is 18.6. The molecule has 7 nitrogen and oxygen atoms in total. The van der Waals surface area contributed by atoms with Gasteiger partial charge >= 0.3 is 6.18 Å². The highest BCUT2D eigenvalue weighted by Gasteiger charge is 2.30. The van der Waals surface area contributed by atoms with Gasteiger partial charge in [-0.3, -0.25) is 14.0 Å². The van der Waals surface area contributed by atoms with Crippen LogP contribution in [0.2, 0.25) is 0 Å². The number of aromatic nitrogens is 3. The summed E-state index contributed by atoms with van der Waals surface area (Å²) in [6.45, 7) is 3.18. The van der Waals surface area contributed by atoms with Gasteiger partial charge in [0.1, 0.15) is 17.2 Å². The number of carbonyl (C=O) groups is 2. The van der Waals surface area contributed by atoms with Crippen molar-refractivity contribution >= 4 is 29.1 Å². The van der Waals surface area contributed by atoms with E-state index in [1.54, 1.807) is 34.9 Å². The SMILES string of the molecule is CC(=O)Nc1nc2ccccn2c1C#Cc1cc(C(=O)Nc2cc(C(F)(F)F)ccn2)ccc1C. The Morgan fingerprint density at radius 2 is 1.83 bits per heavy atom. The monoisotopic (exact) mass is 477 g/mol. The highest BCUT2D eigenvalue weighted by Crippen LogP contribution is 2.30. The van der Waals surface area contributed by atoms with Gasteiger partial charge in [0.15, 0.2) is 5.82 Å². The van der Waals surface area contributed by atoms with Crippen molar-refractivity contribution in [2.75, 3.05) is 10.6 Å². The Morgan fingerprint density at radius 1 is 1.03 bits per heavy atom. The Morgan fingerprint density at radius 3 is 2.57 bits per heavy atom. The highest BCUT2D eigenvalue weighted by atomic mass is 19.4. The van der Waals surface area contributed by atoms with E-state index in [1.165, 1.54) is 13.0 Å². The van der Waals surface area contributed by atoms with Crippen molar-refractivity contribution in [3.63, 3.8) is 0 Å². The predicted octanol–water partition coefficient (Wildman–Crippen LogP) is 4.67. The Balaban J connectivity index is 1.65. The van der Waals surface area contributed by atoms with E-state index in [-0.39, 0.29) is 17.3 Å². The number of rotatable bonds is 3. The van der Waals surface area contributed by atoms with E-state index in [0.29, 0.717) is 22.7 Å². The molecule has 10 heteroatoms. The normalized spacial score (nSPS) is 11.0. The summed E-state index contributed by atoms with van der Waals surface area (Å²) in [5.41, 5.74) is 1.63. The molecule has 0 saturated heterocycles. The summed E-state index contributed by atoms with van der Waals surface area (Å²) >= 11 is 0. The lowest BCUT2D eigenvalue weighted by Crippen LogP contribution is -2.14. The molecule has 4 aromatic rings. The summed E-state index contributed by atoms with van der Waals surface area (Å²) in [4.78, 5) is 32.4. The van der Waals surface area contributed by atoms with Crippen LogP contribution in [-0.4, -0.2) is 26.2 Å². The van der Waals surface area contributed by atoms with Gasteiger partial charge in [0, 0.05) is 30.4 Å². The molecule has 0 aliphatic rings. The second-order valence-corrected chi connectivity index (χ2v) is 7.58. The van der Waals surface area contributed by atoms with Crippen LogP contribution in [0.25, 0.3) is 5.65 Å². The van der Waals surface area contributed by atoms with Gasteiger partial charge in [0.25, 0.3) is 5.91 Å². The van der Waals surface area contributed by atoms with Gasteiger partial charge in [0.05, 0.1) is 5.56 Å². The van der Waals surface area contributed by atoms with Gasteiger partial charge in [-0.25, -0.2) is 9.97 Å². The number of benzene rings is 1. The molecule has 0 aliphatic heterocycles. The summed E-state index contributed by atoms with van der Waals surface area (Å²) in [6, 6.07) is 11.7. The number of nitrogens with one attached hydrogen (secondary N) is 2. The molecule has 0 atom stereocenters. The predicted molar refractivity (Wildman–Crippen MR) is 124 cm³/mol. The minimum Gasteiger partial charge on any atom is -0.309 e. The fraction of sp³-hybridized carbons (Fsp3) is 0.120. The Bertz CT molecular complexity index is 1510. The molecule has 0 bridgehead atoms. The minimum absolute atomic E-state index is 0.194. The lowest BCUT2D eigenvalue weighted by molar-refractivity contribution is -0.137. The van der Waals surface area contributed by atoms with Gasteiger partial charge in [0.2, 0.25) is 5.91 Å². The molecular weight excluding hydrogens is 459 g/mol. The lowest BCUT2D eigenvalue weighted by Gasteiger charge is -2.09. The van der Waals surface area contributed by atoms with Crippen molar-refractivity contribution < 1.29 is 22.8 Å². The topological polar surface area (TPSA) is 88.4 Å². The lowest BCUT2D eigenvalue weighted by atomic mass is 10.0. The molecule has 3 aromatic heterocycles. The standard InChI is InChI=1S/C25H18F3N5O2/c1-15-6-7-18(24(35)31-21-14-19(10-11-29-21)25(26,27)28)13-17(15)8-9-20-23(30-16(2)34)32-22-5-3-4-12-33(20)22/h3-7,10-14H,1-2H3,(H,30,34)(H,29,31,35). The molecule has 0 aliphatic carbocycles. The van der Waals surface area contributed by atoms with Gasteiger partial charge in [-0.2, -0.15) is 13.2 Å². The number of imidazole rings is 1. The number of fused-ring (bicyclic) bond motifs is 1. The molecular formula is C25H18F3N5O2. The summed E-state index contributed by atoms with van der Waals surface area (Å²) in [5, 5.41) is 5.04. The van der Waals surface area contributed by atoms with Crippen LogP contribution in [0.1, 0.15) is 39.7 Å². The number of hydrogen-bond acceptors (Lipinski definition) is 4. The van der Waals surface area contributed by atoms with Crippen molar-refractivity contribution in [1.29, 1.82) is 0 Å². The fourth-order valence-corrected chi connectivity index (χ4v) is 3.26. The largest absolute Gasteiger partial charge is 0.416 e. The number of pyridine rings is 2. The summed E-state index contributed by atoms with van der Waals surface area (Å²) < 4.78 is 40.5. The van der Waals surface area contributed by atoms with E-state index in [2.05, 4.69) is 32.4 Å². The van der Waals surface area contributed by atoms with Crippen LogP contribution in [-0.2, 0) is 11.0 Å². The average molecular weight is 477 g/mol. The fourth-order valence-electron chi connectivity index (χ4n) is 3.26. The van der Waals surface area contributed by atoms with Crippen molar-refractivity contribution in [2.45, 2.75) is 20.0 Å². The first kappa shape index (κ1) is 23.5. The molecule has 176 valence electrons. The number of halogens is 3.